The molecule has 1 unspecified atom stereocenters. The highest BCUT2D eigenvalue weighted by Gasteiger charge is 2.56. The van der Waals surface area contributed by atoms with Gasteiger partial charge in [-0.1, -0.05) is 24.1 Å². The van der Waals surface area contributed by atoms with Gasteiger partial charge in [-0.2, -0.15) is 10.1 Å². The molecule has 1 aliphatic rings. The first-order valence-corrected chi connectivity index (χ1v) is 13.8. The number of hydrogen-bond donors (Lipinski definition) is 5. The number of benzene rings is 1. The molecule has 0 amide bonds. The minimum absolute atomic E-state index is 0.0912. The van der Waals surface area contributed by atoms with Crippen molar-refractivity contribution in [3.05, 3.63) is 48.2 Å². The second-order valence-electron chi connectivity index (χ2n) is 9.43. The molecule has 15 heteroatoms. The number of esters is 1. The number of terminal acetylenes is 1. The highest BCUT2D eigenvalue weighted by atomic mass is 31.2. The molecule has 6 atom stereocenters. The van der Waals surface area contributed by atoms with E-state index < -0.39 is 56.4 Å². The first-order chi connectivity index (χ1) is 18.9. The maximum Gasteiger partial charge on any atom is 0.459 e. The summed E-state index contributed by atoms with van der Waals surface area (Å²) in [5.41, 5.74) is 10.3. The summed E-state index contributed by atoms with van der Waals surface area (Å²) in [5, 5.41) is 28.6. The number of rotatable bonds is 10. The summed E-state index contributed by atoms with van der Waals surface area (Å²) >= 11 is 0. The van der Waals surface area contributed by atoms with Gasteiger partial charge >= 0.3 is 13.7 Å². The third kappa shape index (κ3) is 5.90. The van der Waals surface area contributed by atoms with Crippen molar-refractivity contribution in [1.82, 2.24) is 19.7 Å². The second-order valence-corrected chi connectivity index (χ2v) is 11.1. The number of anilines is 2. The van der Waals surface area contributed by atoms with E-state index in [4.69, 9.17) is 36.4 Å². The molecule has 0 aliphatic carbocycles. The third-order valence-corrected chi connectivity index (χ3v) is 7.67. The Morgan fingerprint density at radius 1 is 1.25 bits per heavy atom. The van der Waals surface area contributed by atoms with Crippen LogP contribution in [-0.4, -0.2) is 67.3 Å². The van der Waals surface area contributed by atoms with E-state index in [2.05, 4.69) is 21.1 Å². The Labute approximate surface area is 230 Å². The van der Waals surface area contributed by atoms with E-state index in [0.29, 0.717) is 5.52 Å². The smallest absolute Gasteiger partial charge is 0.459 e. The van der Waals surface area contributed by atoms with Gasteiger partial charge in [0.1, 0.15) is 42.2 Å². The molecule has 40 heavy (non-hydrogen) atoms. The number of nitrogens with zero attached hydrogens (tertiary/aromatic N) is 3. The van der Waals surface area contributed by atoms with Crippen LogP contribution < -0.4 is 21.1 Å². The fourth-order valence-corrected chi connectivity index (χ4v) is 5.63. The lowest BCUT2D eigenvalue weighted by atomic mass is 9.96. The van der Waals surface area contributed by atoms with Crippen LogP contribution in [0.3, 0.4) is 0 Å². The van der Waals surface area contributed by atoms with Crippen LogP contribution in [0.2, 0.25) is 0 Å². The van der Waals surface area contributed by atoms with Crippen molar-refractivity contribution in [3.63, 3.8) is 0 Å². The highest BCUT2D eigenvalue weighted by Crippen LogP contribution is 2.48. The van der Waals surface area contributed by atoms with Gasteiger partial charge in [0, 0.05) is 0 Å². The number of hydrogen-bond acceptors (Lipinski definition) is 12. The average Bonchev–Trinajstić information content (AvgIpc) is 3.42. The van der Waals surface area contributed by atoms with Crippen LogP contribution in [0.5, 0.6) is 5.75 Å². The normalized spacial score (nSPS) is 24.9. The molecule has 0 bridgehead atoms. The molecule has 14 nitrogen and oxygen atoms in total. The standard InChI is InChI=1S/C25H31N6O8P/c1-5-25(21(33)19(32)20(38-25)17-11-12-18-22(26)28-24(27)29-31(17)18)13-36-40(35,39-16-9-7-6-8-10-16)30-15(4)23(34)37-14(2)3/h1,6-12,14-15,19-21,32-33H,13H2,2-4H3,(H,30,35)(H4,26,27,28,29)/t15-,19+,20-,21?,25+,40-/m0/s1. The molecule has 4 rings (SSSR count). The molecule has 7 N–H and O–H groups in total. The van der Waals surface area contributed by atoms with Gasteiger partial charge in [-0.3, -0.25) is 9.32 Å². The molecule has 3 aromatic rings. The summed E-state index contributed by atoms with van der Waals surface area (Å²) in [7, 11) is -4.36. The molecule has 0 saturated carbocycles. The van der Waals surface area contributed by atoms with E-state index in [1.807, 2.05) is 0 Å². The van der Waals surface area contributed by atoms with Crippen LogP contribution in [-0.2, 0) is 23.4 Å². The largest absolute Gasteiger partial charge is 0.462 e. The van der Waals surface area contributed by atoms with E-state index in [9.17, 15) is 19.6 Å². The summed E-state index contributed by atoms with van der Waals surface area (Å²) in [6, 6.07) is 10.1. The Morgan fingerprint density at radius 2 is 1.95 bits per heavy atom. The van der Waals surface area contributed by atoms with E-state index in [1.165, 1.54) is 23.6 Å². The summed E-state index contributed by atoms with van der Waals surface area (Å²) in [4.78, 5) is 16.3. The number of fused-ring (bicyclic) bond motifs is 1. The average molecular weight is 575 g/mol. The zero-order valence-corrected chi connectivity index (χ0v) is 22.9. The van der Waals surface area contributed by atoms with Crippen molar-refractivity contribution in [2.24, 2.45) is 0 Å². The molecule has 1 fully saturated rings. The van der Waals surface area contributed by atoms with Crippen molar-refractivity contribution < 1.29 is 38.1 Å². The first kappa shape index (κ1) is 29.3. The molecule has 0 spiro atoms. The van der Waals surface area contributed by atoms with E-state index in [0.717, 1.165) is 0 Å². The minimum Gasteiger partial charge on any atom is -0.462 e. The molecular weight excluding hydrogens is 543 g/mol. The van der Waals surface area contributed by atoms with Gasteiger partial charge in [-0.15, -0.1) is 11.5 Å². The van der Waals surface area contributed by atoms with Gasteiger partial charge < -0.3 is 35.7 Å². The van der Waals surface area contributed by atoms with E-state index in [1.54, 1.807) is 44.2 Å². The molecule has 3 heterocycles. The number of aliphatic hydroxyl groups excluding tert-OH is 2. The number of ether oxygens (including phenoxy) is 2. The Kier molecular flexibility index (Phi) is 8.36. The number of nitrogen functional groups attached to an aromatic ring is 2. The minimum atomic E-state index is -4.36. The number of carbonyl (C=O) groups is 1. The maximum atomic E-state index is 13.9. The van der Waals surface area contributed by atoms with Gasteiger partial charge in [0.2, 0.25) is 5.95 Å². The predicted molar refractivity (Wildman–Crippen MR) is 144 cm³/mol. The number of nitrogens with two attached hydrogens (primary N) is 2. The number of nitrogens with one attached hydrogen (secondary N) is 1. The molecule has 1 aromatic carbocycles. The monoisotopic (exact) mass is 574 g/mol. The Bertz CT molecular complexity index is 1460. The lowest BCUT2D eigenvalue weighted by Crippen LogP contribution is -2.46. The summed E-state index contributed by atoms with van der Waals surface area (Å²) < 4.78 is 37.6. The van der Waals surface area contributed by atoms with Crippen molar-refractivity contribution >= 4 is 31.0 Å². The van der Waals surface area contributed by atoms with Crippen LogP contribution in [0, 0.1) is 12.3 Å². The van der Waals surface area contributed by atoms with Gasteiger partial charge in [-0.05, 0) is 45.0 Å². The van der Waals surface area contributed by atoms with Crippen LogP contribution in [0.25, 0.3) is 5.52 Å². The highest BCUT2D eigenvalue weighted by molar-refractivity contribution is 7.52. The van der Waals surface area contributed by atoms with Crippen LogP contribution in [0.1, 0.15) is 32.6 Å². The maximum absolute atomic E-state index is 13.9. The Morgan fingerprint density at radius 3 is 2.60 bits per heavy atom. The zero-order valence-electron chi connectivity index (χ0n) is 22.0. The van der Waals surface area contributed by atoms with E-state index in [-0.39, 0.29) is 23.2 Å². The lowest BCUT2D eigenvalue weighted by Gasteiger charge is -2.29. The van der Waals surface area contributed by atoms with Gasteiger partial charge in [0.15, 0.2) is 11.4 Å². The van der Waals surface area contributed by atoms with Gasteiger partial charge in [0.05, 0.1) is 11.8 Å². The first-order valence-electron chi connectivity index (χ1n) is 12.3. The molecule has 1 aliphatic heterocycles. The molecule has 1 saturated heterocycles. The van der Waals surface area contributed by atoms with Crippen molar-refractivity contribution in [1.29, 1.82) is 0 Å². The summed E-state index contributed by atoms with van der Waals surface area (Å²) in [5.74, 6) is 1.74. The fraction of sp³-hybridized carbons (Fsp3) is 0.400. The summed E-state index contributed by atoms with van der Waals surface area (Å²) in [6.45, 7) is 4.05. The quantitative estimate of drug-likeness (QED) is 0.131. The molecule has 214 valence electrons. The van der Waals surface area contributed by atoms with Crippen molar-refractivity contribution in [2.75, 3.05) is 18.1 Å². The zero-order chi connectivity index (χ0) is 29.2. The fourth-order valence-electron chi connectivity index (χ4n) is 4.11. The van der Waals surface area contributed by atoms with Gasteiger partial charge in [-0.25, -0.2) is 9.08 Å². The van der Waals surface area contributed by atoms with Gasteiger partial charge in [0.25, 0.3) is 0 Å². The number of carbonyl (C=O) groups excluding carboxylic acids is 1. The predicted octanol–water partition coefficient (Wildman–Crippen LogP) is 1.19. The molecule has 2 aromatic heterocycles. The lowest BCUT2D eigenvalue weighted by molar-refractivity contribution is -0.149. The number of aliphatic hydroxyl groups is 2. The van der Waals surface area contributed by atoms with Crippen LogP contribution in [0.15, 0.2) is 42.5 Å². The molecular formula is C25H31N6O8P. The second kappa shape index (κ2) is 11.4. The van der Waals surface area contributed by atoms with Crippen LogP contribution >= 0.6 is 7.75 Å². The SMILES string of the molecule is C#C[C@]1(CO[P@@](=O)(N[C@@H](C)C(=O)OC(C)C)Oc2ccccc2)O[C@@H](c2ccc3c(N)nc(N)nn23)[C@@H](O)C1O. The Balaban J connectivity index is 1.61. The number of aromatic nitrogens is 3. The van der Waals surface area contributed by atoms with Crippen LogP contribution in [0.4, 0.5) is 11.8 Å². The topological polar surface area (TPSA) is 206 Å². The molecule has 0 radical (unpaired) electrons. The number of para-hydroxylation sites is 1. The third-order valence-electron chi connectivity index (χ3n) is 6.04. The summed E-state index contributed by atoms with van der Waals surface area (Å²) in [6.07, 6.45) is 0.874. The van der Waals surface area contributed by atoms with Crippen molar-refractivity contribution in [3.8, 4) is 18.1 Å². The van der Waals surface area contributed by atoms with Crippen molar-refractivity contribution in [2.45, 2.75) is 56.8 Å². The Hall–Kier alpha value is -3.70. The van der Waals surface area contributed by atoms with E-state index >= 15 is 0 Å².